The molecule has 0 saturated carbocycles. The molecule has 0 radical (unpaired) electrons. The van der Waals surface area contributed by atoms with E-state index in [0.717, 1.165) is 18.5 Å². The standard InChI is InChI=1S/C21H25N5/c1-4-17-7-6-8-18(5-2)20(17)25-21-24-19(14-23-26-21)22-13-16-11-9-15(3)10-12-16/h6-12,14H,4-5,13H2,1-3H3,(H2,22,24,25,26). The number of hydrogen-bond acceptors (Lipinski definition) is 5. The molecule has 5 heteroatoms. The number of hydrogen-bond donors (Lipinski definition) is 2. The highest BCUT2D eigenvalue weighted by molar-refractivity contribution is 5.64. The van der Waals surface area contributed by atoms with Gasteiger partial charge in [0, 0.05) is 12.2 Å². The molecule has 0 atom stereocenters. The van der Waals surface area contributed by atoms with Crippen molar-refractivity contribution in [2.45, 2.75) is 40.2 Å². The van der Waals surface area contributed by atoms with Crippen LogP contribution in [0.4, 0.5) is 17.5 Å². The molecule has 3 rings (SSSR count). The summed E-state index contributed by atoms with van der Waals surface area (Å²) in [6, 6.07) is 14.8. The van der Waals surface area contributed by atoms with E-state index in [2.05, 4.69) is 89.1 Å². The van der Waals surface area contributed by atoms with Gasteiger partial charge < -0.3 is 10.6 Å². The molecule has 0 aliphatic carbocycles. The van der Waals surface area contributed by atoms with Crippen LogP contribution in [0.15, 0.2) is 48.7 Å². The monoisotopic (exact) mass is 347 g/mol. The summed E-state index contributed by atoms with van der Waals surface area (Å²) in [5, 5.41) is 14.9. The van der Waals surface area contributed by atoms with Crippen LogP contribution >= 0.6 is 0 Å². The zero-order chi connectivity index (χ0) is 18.4. The quantitative estimate of drug-likeness (QED) is 0.651. The lowest BCUT2D eigenvalue weighted by Crippen LogP contribution is -2.07. The molecule has 5 nitrogen and oxygen atoms in total. The van der Waals surface area contributed by atoms with Crippen LogP contribution in [-0.4, -0.2) is 15.2 Å². The van der Waals surface area contributed by atoms with Crippen molar-refractivity contribution in [3.63, 3.8) is 0 Å². The average molecular weight is 347 g/mol. The first-order chi connectivity index (χ1) is 12.7. The van der Waals surface area contributed by atoms with Gasteiger partial charge in [-0.3, -0.25) is 0 Å². The molecule has 0 saturated heterocycles. The van der Waals surface area contributed by atoms with Crippen LogP contribution in [0, 0.1) is 6.92 Å². The van der Waals surface area contributed by atoms with Crippen LogP contribution in [0.2, 0.25) is 0 Å². The third-order valence-corrected chi connectivity index (χ3v) is 4.39. The highest BCUT2D eigenvalue weighted by atomic mass is 15.3. The number of aromatic nitrogens is 3. The molecule has 0 amide bonds. The van der Waals surface area contributed by atoms with Gasteiger partial charge in [0.2, 0.25) is 5.95 Å². The molecule has 0 unspecified atom stereocenters. The lowest BCUT2D eigenvalue weighted by atomic mass is 10.0. The third-order valence-electron chi connectivity index (χ3n) is 4.39. The SMILES string of the molecule is CCc1cccc(CC)c1Nc1nncc(NCc2ccc(C)cc2)n1. The number of para-hydroxylation sites is 1. The Balaban J connectivity index is 1.74. The average Bonchev–Trinajstić information content (AvgIpc) is 2.68. The highest BCUT2D eigenvalue weighted by Gasteiger charge is 2.09. The van der Waals surface area contributed by atoms with Gasteiger partial charge in [0.1, 0.15) is 0 Å². The largest absolute Gasteiger partial charge is 0.365 e. The van der Waals surface area contributed by atoms with E-state index in [4.69, 9.17) is 0 Å². The number of anilines is 3. The van der Waals surface area contributed by atoms with Gasteiger partial charge in [-0.2, -0.15) is 10.1 Å². The van der Waals surface area contributed by atoms with Gasteiger partial charge in [-0.25, -0.2) is 0 Å². The zero-order valence-electron chi connectivity index (χ0n) is 15.6. The maximum absolute atomic E-state index is 4.56. The van der Waals surface area contributed by atoms with Gasteiger partial charge in [-0.05, 0) is 36.5 Å². The molecule has 2 N–H and O–H groups in total. The highest BCUT2D eigenvalue weighted by Crippen LogP contribution is 2.25. The molecular weight excluding hydrogens is 322 g/mol. The maximum atomic E-state index is 4.56. The first-order valence-electron chi connectivity index (χ1n) is 9.06. The second kappa shape index (κ2) is 8.43. The summed E-state index contributed by atoms with van der Waals surface area (Å²) >= 11 is 0. The Hall–Kier alpha value is -2.95. The van der Waals surface area contributed by atoms with Crippen LogP contribution in [-0.2, 0) is 19.4 Å². The minimum atomic E-state index is 0.509. The summed E-state index contributed by atoms with van der Waals surface area (Å²) in [7, 11) is 0. The van der Waals surface area contributed by atoms with Crippen LogP contribution in [0.25, 0.3) is 0 Å². The molecule has 0 aliphatic rings. The molecule has 0 bridgehead atoms. The lowest BCUT2D eigenvalue weighted by molar-refractivity contribution is 0.961. The Morgan fingerprint density at radius 2 is 1.62 bits per heavy atom. The molecule has 0 spiro atoms. The summed E-state index contributed by atoms with van der Waals surface area (Å²) in [5.74, 6) is 1.21. The van der Waals surface area contributed by atoms with E-state index < -0.39 is 0 Å². The smallest absolute Gasteiger partial charge is 0.249 e. The van der Waals surface area contributed by atoms with Crippen LogP contribution in [0.5, 0.6) is 0 Å². The van der Waals surface area contributed by atoms with Gasteiger partial charge in [-0.1, -0.05) is 61.9 Å². The Morgan fingerprint density at radius 1 is 0.923 bits per heavy atom. The van der Waals surface area contributed by atoms with Gasteiger partial charge in [0.05, 0.1) is 6.20 Å². The van der Waals surface area contributed by atoms with E-state index in [1.165, 1.54) is 22.3 Å². The number of nitrogens with zero attached hydrogens (tertiary/aromatic N) is 3. The fraction of sp³-hybridized carbons (Fsp3) is 0.286. The minimum absolute atomic E-state index is 0.509. The Kier molecular flexibility index (Phi) is 5.79. The van der Waals surface area contributed by atoms with Crippen molar-refractivity contribution < 1.29 is 0 Å². The molecule has 1 heterocycles. The summed E-state index contributed by atoms with van der Waals surface area (Å²) in [6.45, 7) is 7.09. The van der Waals surface area contributed by atoms with Crippen molar-refractivity contribution in [1.29, 1.82) is 0 Å². The van der Waals surface area contributed by atoms with Crippen molar-refractivity contribution in [1.82, 2.24) is 15.2 Å². The number of nitrogens with one attached hydrogen (secondary N) is 2. The van der Waals surface area contributed by atoms with Crippen LogP contribution < -0.4 is 10.6 Å². The van der Waals surface area contributed by atoms with Crippen molar-refractivity contribution >= 4 is 17.5 Å². The van der Waals surface area contributed by atoms with Gasteiger partial charge in [-0.15, -0.1) is 5.10 Å². The third kappa shape index (κ3) is 4.36. The molecule has 1 aromatic heterocycles. The maximum Gasteiger partial charge on any atom is 0.249 e. The first kappa shape index (κ1) is 17.9. The van der Waals surface area contributed by atoms with Gasteiger partial charge >= 0.3 is 0 Å². The normalized spacial score (nSPS) is 10.6. The van der Waals surface area contributed by atoms with E-state index in [0.29, 0.717) is 18.3 Å². The molecule has 26 heavy (non-hydrogen) atoms. The number of aryl methyl sites for hydroxylation is 3. The molecule has 3 aromatic rings. The molecule has 0 fully saturated rings. The van der Waals surface area contributed by atoms with E-state index in [-0.39, 0.29) is 0 Å². The Morgan fingerprint density at radius 3 is 2.27 bits per heavy atom. The van der Waals surface area contributed by atoms with E-state index in [1.54, 1.807) is 6.20 Å². The first-order valence-corrected chi connectivity index (χ1v) is 9.06. The predicted octanol–water partition coefficient (Wildman–Crippen LogP) is 4.66. The second-order valence-corrected chi connectivity index (χ2v) is 6.29. The topological polar surface area (TPSA) is 62.7 Å². The summed E-state index contributed by atoms with van der Waals surface area (Å²) in [6.07, 6.45) is 3.55. The Bertz CT molecular complexity index is 836. The Labute approximate surface area is 154 Å². The number of benzene rings is 2. The van der Waals surface area contributed by atoms with Crippen molar-refractivity contribution in [3.8, 4) is 0 Å². The molecular formula is C21H25N5. The van der Waals surface area contributed by atoms with Crippen LogP contribution in [0.1, 0.15) is 36.1 Å². The van der Waals surface area contributed by atoms with E-state index >= 15 is 0 Å². The van der Waals surface area contributed by atoms with Crippen molar-refractivity contribution in [3.05, 3.63) is 70.9 Å². The summed E-state index contributed by atoms with van der Waals surface area (Å²) in [5.41, 5.74) is 6.06. The summed E-state index contributed by atoms with van der Waals surface area (Å²) in [4.78, 5) is 4.56. The predicted molar refractivity (Wildman–Crippen MR) is 107 cm³/mol. The fourth-order valence-electron chi connectivity index (χ4n) is 2.86. The van der Waals surface area contributed by atoms with Crippen LogP contribution in [0.3, 0.4) is 0 Å². The molecule has 134 valence electrons. The van der Waals surface area contributed by atoms with Crippen molar-refractivity contribution in [2.24, 2.45) is 0 Å². The van der Waals surface area contributed by atoms with Gasteiger partial charge in [0.25, 0.3) is 0 Å². The lowest BCUT2D eigenvalue weighted by Gasteiger charge is -2.14. The molecule has 2 aromatic carbocycles. The number of rotatable bonds is 7. The second-order valence-electron chi connectivity index (χ2n) is 6.29. The zero-order valence-corrected chi connectivity index (χ0v) is 15.6. The fourth-order valence-corrected chi connectivity index (χ4v) is 2.86. The van der Waals surface area contributed by atoms with Crippen molar-refractivity contribution in [2.75, 3.05) is 10.6 Å². The van der Waals surface area contributed by atoms with Gasteiger partial charge in [0.15, 0.2) is 5.82 Å². The van der Waals surface area contributed by atoms with E-state index in [9.17, 15) is 0 Å². The van der Waals surface area contributed by atoms with E-state index in [1.807, 2.05) is 0 Å². The minimum Gasteiger partial charge on any atom is -0.365 e. The summed E-state index contributed by atoms with van der Waals surface area (Å²) < 4.78 is 0. The molecule has 0 aliphatic heterocycles.